The SMILES string of the molecule is Cc1nc(NCCCOc2ccccc2)c2ccccc2n1. The zero-order valence-corrected chi connectivity index (χ0v) is 12.6. The van der Waals surface area contributed by atoms with Crippen LogP contribution in [0.3, 0.4) is 0 Å². The highest BCUT2D eigenvalue weighted by molar-refractivity contribution is 5.88. The minimum absolute atomic E-state index is 0.680. The molecule has 4 heteroatoms. The van der Waals surface area contributed by atoms with Gasteiger partial charge in [-0.05, 0) is 37.6 Å². The minimum Gasteiger partial charge on any atom is -0.494 e. The molecule has 0 bridgehead atoms. The Hall–Kier alpha value is -2.62. The molecule has 3 rings (SSSR count). The first-order valence-corrected chi connectivity index (χ1v) is 7.48. The van der Waals surface area contributed by atoms with Crippen LogP contribution in [0.25, 0.3) is 10.9 Å². The second kappa shape index (κ2) is 6.89. The highest BCUT2D eigenvalue weighted by Crippen LogP contribution is 2.19. The van der Waals surface area contributed by atoms with Gasteiger partial charge in [0.25, 0.3) is 0 Å². The van der Waals surface area contributed by atoms with Crippen molar-refractivity contribution < 1.29 is 4.74 Å². The Morgan fingerprint density at radius 1 is 0.955 bits per heavy atom. The molecular weight excluding hydrogens is 274 g/mol. The average molecular weight is 293 g/mol. The number of rotatable bonds is 6. The molecule has 1 N–H and O–H groups in total. The fourth-order valence-corrected chi connectivity index (χ4v) is 2.31. The van der Waals surface area contributed by atoms with Crippen molar-refractivity contribution in [2.45, 2.75) is 13.3 Å². The molecule has 2 aromatic carbocycles. The summed E-state index contributed by atoms with van der Waals surface area (Å²) >= 11 is 0. The quantitative estimate of drug-likeness (QED) is 0.702. The molecule has 0 fully saturated rings. The van der Waals surface area contributed by atoms with Crippen LogP contribution in [-0.2, 0) is 0 Å². The lowest BCUT2D eigenvalue weighted by atomic mass is 10.2. The van der Waals surface area contributed by atoms with Gasteiger partial charge in [-0.15, -0.1) is 0 Å². The molecule has 4 nitrogen and oxygen atoms in total. The molecular formula is C18H19N3O. The first-order valence-electron chi connectivity index (χ1n) is 7.48. The molecule has 112 valence electrons. The van der Waals surface area contributed by atoms with Crippen molar-refractivity contribution in [1.29, 1.82) is 0 Å². The summed E-state index contributed by atoms with van der Waals surface area (Å²) in [6, 6.07) is 17.9. The van der Waals surface area contributed by atoms with Gasteiger partial charge in [0.1, 0.15) is 17.4 Å². The van der Waals surface area contributed by atoms with E-state index in [0.717, 1.165) is 41.3 Å². The maximum Gasteiger partial charge on any atom is 0.137 e. The highest BCUT2D eigenvalue weighted by Gasteiger charge is 2.04. The van der Waals surface area contributed by atoms with Gasteiger partial charge in [0, 0.05) is 11.9 Å². The van der Waals surface area contributed by atoms with Crippen molar-refractivity contribution in [2.75, 3.05) is 18.5 Å². The third-order valence-electron chi connectivity index (χ3n) is 3.34. The van der Waals surface area contributed by atoms with Crippen LogP contribution in [-0.4, -0.2) is 23.1 Å². The van der Waals surface area contributed by atoms with Gasteiger partial charge in [0.15, 0.2) is 0 Å². The molecule has 0 amide bonds. The fraction of sp³-hybridized carbons (Fsp3) is 0.222. The molecule has 0 atom stereocenters. The van der Waals surface area contributed by atoms with E-state index in [9.17, 15) is 0 Å². The number of fused-ring (bicyclic) bond motifs is 1. The van der Waals surface area contributed by atoms with E-state index in [-0.39, 0.29) is 0 Å². The van der Waals surface area contributed by atoms with Crippen molar-refractivity contribution in [2.24, 2.45) is 0 Å². The highest BCUT2D eigenvalue weighted by atomic mass is 16.5. The number of benzene rings is 2. The summed E-state index contributed by atoms with van der Waals surface area (Å²) in [5.74, 6) is 2.58. The van der Waals surface area contributed by atoms with Crippen molar-refractivity contribution in [3.63, 3.8) is 0 Å². The summed E-state index contributed by atoms with van der Waals surface area (Å²) in [7, 11) is 0. The predicted octanol–water partition coefficient (Wildman–Crippen LogP) is 3.82. The van der Waals surface area contributed by atoms with Crippen LogP contribution in [0, 0.1) is 6.92 Å². The van der Waals surface area contributed by atoms with Crippen LogP contribution in [0.4, 0.5) is 5.82 Å². The van der Waals surface area contributed by atoms with Crippen LogP contribution in [0.5, 0.6) is 5.75 Å². The molecule has 0 aliphatic rings. The molecule has 0 aliphatic heterocycles. The molecule has 0 saturated heterocycles. The first kappa shape index (κ1) is 14.3. The smallest absolute Gasteiger partial charge is 0.137 e. The van der Waals surface area contributed by atoms with E-state index in [1.54, 1.807) is 0 Å². The molecule has 0 spiro atoms. The standard InChI is InChI=1S/C18H19N3O/c1-14-20-17-11-6-5-10-16(17)18(21-14)19-12-7-13-22-15-8-3-2-4-9-15/h2-6,8-11H,7,12-13H2,1H3,(H,19,20,21). The Kier molecular flexibility index (Phi) is 4.49. The zero-order chi connectivity index (χ0) is 15.2. The number of aryl methyl sites for hydroxylation is 1. The van der Waals surface area contributed by atoms with Gasteiger partial charge >= 0.3 is 0 Å². The number of hydrogen-bond donors (Lipinski definition) is 1. The normalized spacial score (nSPS) is 10.6. The Morgan fingerprint density at radius 2 is 1.73 bits per heavy atom. The average Bonchev–Trinajstić information content (AvgIpc) is 2.55. The van der Waals surface area contributed by atoms with Gasteiger partial charge in [-0.1, -0.05) is 30.3 Å². The molecule has 0 aliphatic carbocycles. The maximum atomic E-state index is 5.68. The molecule has 3 aromatic rings. The minimum atomic E-state index is 0.680. The third-order valence-corrected chi connectivity index (χ3v) is 3.34. The van der Waals surface area contributed by atoms with Crippen LogP contribution >= 0.6 is 0 Å². The monoisotopic (exact) mass is 293 g/mol. The second-order valence-corrected chi connectivity index (χ2v) is 5.08. The molecule has 0 radical (unpaired) electrons. The van der Waals surface area contributed by atoms with Gasteiger partial charge in [0.05, 0.1) is 12.1 Å². The van der Waals surface area contributed by atoms with Crippen molar-refractivity contribution in [3.8, 4) is 5.75 Å². The Labute approximate surface area is 130 Å². The lowest BCUT2D eigenvalue weighted by Gasteiger charge is -2.10. The van der Waals surface area contributed by atoms with Crippen molar-refractivity contribution in [3.05, 3.63) is 60.4 Å². The Morgan fingerprint density at radius 3 is 2.59 bits per heavy atom. The Balaban J connectivity index is 1.56. The second-order valence-electron chi connectivity index (χ2n) is 5.08. The lowest BCUT2D eigenvalue weighted by molar-refractivity contribution is 0.315. The third kappa shape index (κ3) is 3.52. The molecule has 1 heterocycles. The molecule has 0 unspecified atom stereocenters. The zero-order valence-electron chi connectivity index (χ0n) is 12.6. The van der Waals surface area contributed by atoms with E-state index < -0.39 is 0 Å². The summed E-state index contributed by atoms with van der Waals surface area (Å²) in [5, 5.41) is 4.44. The van der Waals surface area contributed by atoms with E-state index in [1.807, 2.05) is 61.5 Å². The molecule has 0 saturated carbocycles. The number of nitrogens with one attached hydrogen (secondary N) is 1. The number of nitrogens with zero attached hydrogens (tertiary/aromatic N) is 2. The van der Waals surface area contributed by atoms with Gasteiger partial charge in [-0.3, -0.25) is 0 Å². The molecule has 22 heavy (non-hydrogen) atoms. The molecule has 1 aromatic heterocycles. The number of aromatic nitrogens is 2. The van der Waals surface area contributed by atoms with Gasteiger partial charge < -0.3 is 10.1 Å². The summed E-state index contributed by atoms with van der Waals surface area (Å²) in [6.45, 7) is 3.41. The lowest BCUT2D eigenvalue weighted by Crippen LogP contribution is -2.09. The predicted molar refractivity (Wildman–Crippen MR) is 89.3 cm³/mol. The van der Waals surface area contributed by atoms with E-state index in [1.165, 1.54) is 0 Å². The first-order chi connectivity index (χ1) is 10.8. The summed E-state index contributed by atoms with van der Waals surface area (Å²) < 4.78 is 5.68. The van der Waals surface area contributed by atoms with Gasteiger partial charge in [-0.2, -0.15) is 0 Å². The topological polar surface area (TPSA) is 47.0 Å². The summed E-state index contributed by atoms with van der Waals surface area (Å²) in [5.41, 5.74) is 0.970. The summed E-state index contributed by atoms with van der Waals surface area (Å²) in [4.78, 5) is 8.94. The van der Waals surface area contributed by atoms with E-state index in [4.69, 9.17) is 4.74 Å². The van der Waals surface area contributed by atoms with Crippen LogP contribution in [0.2, 0.25) is 0 Å². The van der Waals surface area contributed by atoms with E-state index >= 15 is 0 Å². The van der Waals surface area contributed by atoms with E-state index in [2.05, 4.69) is 15.3 Å². The van der Waals surface area contributed by atoms with Crippen molar-refractivity contribution >= 4 is 16.7 Å². The number of hydrogen-bond acceptors (Lipinski definition) is 4. The summed E-state index contributed by atoms with van der Waals surface area (Å²) in [6.07, 6.45) is 0.909. The fourth-order valence-electron chi connectivity index (χ4n) is 2.31. The van der Waals surface area contributed by atoms with E-state index in [0.29, 0.717) is 6.61 Å². The van der Waals surface area contributed by atoms with Crippen LogP contribution in [0.1, 0.15) is 12.2 Å². The van der Waals surface area contributed by atoms with Crippen molar-refractivity contribution in [1.82, 2.24) is 9.97 Å². The Bertz CT molecular complexity index is 744. The largest absolute Gasteiger partial charge is 0.494 e. The van der Waals surface area contributed by atoms with Gasteiger partial charge in [0.2, 0.25) is 0 Å². The number of para-hydroxylation sites is 2. The van der Waals surface area contributed by atoms with Crippen LogP contribution in [0.15, 0.2) is 54.6 Å². The maximum absolute atomic E-state index is 5.68. The van der Waals surface area contributed by atoms with Gasteiger partial charge in [-0.25, -0.2) is 9.97 Å². The van der Waals surface area contributed by atoms with Crippen LogP contribution < -0.4 is 10.1 Å². The number of anilines is 1. The number of ether oxygens (including phenoxy) is 1.